The number of hydrogen-bond acceptors (Lipinski definition) is 2. The molecular weight excluding hydrogens is 342 g/mol. The first-order valence-electron chi connectivity index (χ1n) is 9.40. The predicted molar refractivity (Wildman–Crippen MR) is 116 cm³/mol. The smallest absolute Gasteiger partial charge is 0.186 e. The topological polar surface area (TPSA) is 20.3 Å². The second kappa shape index (κ2) is 6.50. The van der Waals surface area contributed by atoms with Crippen LogP contribution in [0.1, 0.15) is 27.0 Å². The number of hydrogen-bond donors (Lipinski definition) is 0. The minimum Gasteiger partial charge on any atom is -0.344 e. The fourth-order valence-electron chi connectivity index (χ4n) is 4.06. The van der Waals surface area contributed by atoms with Crippen LogP contribution in [0.4, 0.5) is 11.4 Å². The highest BCUT2D eigenvalue weighted by Gasteiger charge is 2.23. The molecule has 0 spiro atoms. The lowest BCUT2D eigenvalue weighted by molar-refractivity contribution is 0.104. The summed E-state index contributed by atoms with van der Waals surface area (Å²) in [4.78, 5) is 14.4. The van der Waals surface area contributed by atoms with Crippen LogP contribution < -0.4 is 4.90 Å². The Bertz CT molecular complexity index is 1150. The zero-order chi connectivity index (χ0) is 19.1. The number of anilines is 2. The molecule has 0 fully saturated rings. The Morgan fingerprint density at radius 1 is 0.643 bits per heavy atom. The molecule has 2 nitrogen and oxygen atoms in total. The molecule has 0 radical (unpaired) electrons. The van der Waals surface area contributed by atoms with Crippen LogP contribution in [0.5, 0.6) is 0 Å². The van der Waals surface area contributed by atoms with Gasteiger partial charge in [-0.05, 0) is 34.9 Å². The van der Waals surface area contributed by atoms with Crippen LogP contribution in [0, 0.1) is 0 Å². The molecule has 0 saturated carbocycles. The highest BCUT2D eigenvalue weighted by molar-refractivity contribution is 6.12. The van der Waals surface area contributed by atoms with E-state index in [9.17, 15) is 4.79 Å². The zero-order valence-corrected chi connectivity index (χ0v) is 15.6. The number of para-hydroxylation sites is 2. The van der Waals surface area contributed by atoms with E-state index in [0.29, 0.717) is 0 Å². The van der Waals surface area contributed by atoms with Gasteiger partial charge in [0.2, 0.25) is 0 Å². The molecule has 0 saturated heterocycles. The van der Waals surface area contributed by atoms with Gasteiger partial charge in [0.25, 0.3) is 0 Å². The lowest BCUT2D eigenvalue weighted by Crippen LogP contribution is -2.17. The first-order valence-corrected chi connectivity index (χ1v) is 9.40. The molecule has 0 unspecified atom stereocenters. The van der Waals surface area contributed by atoms with E-state index in [2.05, 4.69) is 72.6 Å². The Kier molecular flexibility index (Phi) is 3.84. The summed E-state index contributed by atoms with van der Waals surface area (Å²) in [6, 6.07) is 24.7. The minimum atomic E-state index is 0.0652. The van der Waals surface area contributed by atoms with E-state index in [-0.39, 0.29) is 5.78 Å². The molecule has 2 heteroatoms. The van der Waals surface area contributed by atoms with Gasteiger partial charge in [-0.15, -0.1) is 0 Å². The standard InChI is InChI=1S/C26H19NO/c1-27-24-12-6-4-9-21(24)20(22-10-5-7-13-25(22)27)16-14-18-15-17-26(28)23-11-3-2-8-19(18)23/h2-17H,1H3/b18-14-. The maximum Gasteiger partial charge on any atom is 0.186 e. The van der Waals surface area contributed by atoms with Gasteiger partial charge >= 0.3 is 0 Å². The van der Waals surface area contributed by atoms with Crippen molar-refractivity contribution >= 4 is 28.3 Å². The second-order valence-corrected chi connectivity index (χ2v) is 7.04. The van der Waals surface area contributed by atoms with Gasteiger partial charge in [0.1, 0.15) is 0 Å². The molecule has 0 amide bonds. The van der Waals surface area contributed by atoms with Gasteiger partial charge in [0.05, 0.1) is 0 Å². The van der Waals surface area contributed by atoms with E-state index in [0.717, 1.165) is 16.7 Å². The van der Waals surface area contributed by atoms with Crippen molar-refractivity contribution in [3.05, 3.63) is 119 Å². The van der Waals surface area contributed by atoms with Crippen LogP contribution in [0.15, 0.2) is 97.1 Å². The zero-order valence-electron chi connectivity index (χ0n) is 15.6. The summed E-state index contributed by atoms with van der Waals surface area (Å²) in [5.74, 6) is 0.0652. The van der Waals surface area contributed by atoms with Gasteiger partial charge < -0.3 is 4.90 Å². The molecule has 1 aliphatic heterocycles. The quantitative estimate of drug-likeness (QED) is 0.527. The van der Waals surface area contributed by atoms with E-state index in [1.807, 2.05) is 30.3 Å². The molecule has 28 heavy (non-hydrogen) atoms. The molecule has 5 rings (SSSR count). The van der Waals surface area contributed by atoms with Crippen molar-refractivity contribution in [2.24, 2.45) is 0 Å². The van der Waals surface area contributed by atoms with E-state index in [4.69, 9.17) is 0 Å². The largest absolute Gasteiger partial charge is 0.344 e. The Hall–Kier alpha value is -3.65. The van der Waals surface area contributed by atoms with Crippen molar-refractivity contribution in [1.82, 2.24) is 0 Å². The summed E-state index contributed by atoms with van der Waals surface area (Å²) in [6.07, 6.45) is 7.87. The SMILES string of the molecule is CN1c2ccccc2C(=C/C=C2/C=CC(=O)c3ccccc32)c2ccccc21. The van der Waals surface area contributed by atoms with Crippen LogP contribution in [0.2, 0.25) is 0 Å². The number of fused-ring (bicyclic) bond motifs is 3. The fourth-order valence-corrected chi connectivity index (χ4v) is 4.06. The number of carbonyl (C=O) groups is 1. The first kappa shape index (κ1) is 16.5. The molecule has 0 N–H and O–H groups in total. The maximum absolute atomic E-state index is 12.2. The van der Waals surface area contributed by atoms with Crippen LogP contribution in [0.25, 0.3) is 11.1 Å². The molecule has 134 valence electrons. The third kappa shape index (κ3) is 2.54. The minimum absolute atomic E-state index is 0.0652. The molecule has 0 aromatic heterocycles. The number of rotatable bonds is 1. The van der Waals surface area contributed by atoms with Gasteiger partial charge in [-0.1, -0.05) is 78.9 Å². The van der Waals surface area contributed by atoms with Gasteiger partial charge in [-0.3, -0.25) is 4.79 Å². The first-order chi connectivity index (χ1) is 13.7. The lowest BCUT2D eigenvalue weighted by atomic mass is 9.88. The fraction of sp³-hybridized carbons (Fsp3) is 0.0385. The van der Waals surface area contributed by atoms with E-state index in [1.54, 1.807) is 6.08 Å². The molecule has 0 atom stereocenters. The summed E-state index contributed by atoms with van der Waals surface area (Å²) >= 11 is 0. The lowest BCUT2D eigenvalue weighted by Gasteiger charge is -2.31. The van der Waals surface area contributed by atoms with E-state index < -0.39 is 0 Å². The Morgan fingerprint density at radius 3 is 1.82 bits per heavy atom. The summed E-state index contributed by atoms with van der Waals surface area (Å²) in [6.45, 7) is 0. The third-order valence-electron chi connectivity index (χ3n) is 5.46. The number of benzene rings is 3. The van der Waals surface area contributed by atoms with Crippen LogP contribution in [-0.4, -0.2) is 12.8 Å². The third-order valence-corrected chi connectivity index (χ3v) is 5.46. The summed E-state index contributed by atoms with van der Waals surface area (Å²) < 4.78 is 0. The van der Waals surface area contributed by atoms with Crippen LogP contribution in [0.3, 0.4) is 0 Å². The monoisotopic (exact) mass is 361 g/mol. The molecule has 3 aromatic rings. The Labute approximate surface area is 164 Å². The summed E-state index contributed by atoms with van der Waals surface area (Å²) in [5, 5.41) is 0. The van der Waals surface area contributed by atoms with Crippen molar-refractivity contribution in [2.75, 3.05) is 11.9 Å². The second-order valence-electron chi connectivity index (χ2n) is 7.04. The average molecular weight is 361 g/mol. The Morgan fingerprint density at radius 2 is 1.18 bits per heavy atom. The van der Waals surface area contributed by atoms with Gasteiger partial charge in [-0.25, -0.2) is 0 Å². The van der Waals surface area contributed by atoms with Crippen LogP contribution in [-0.2, 0) is 0 Å². The van der Waals surface area contributed by atoms with E-state index in [1.165, 1.54) is 28.1 Å². The molecular formula is C26H19NO. The highest BCUT2D eigenvalue weighted by atomic mass is 16.1. The van der Waals surface area contributed by atoms with Crippen molar-refractivity contribution in [3.8, 4) is 0 Å². The summed E-state index contributed by atoms with van der Waals surface area (Å²) in [7, 11) is 2.11. The number of nitrogens with zero attached hydrogens (tertiary/aromatic N) is 1. The molecule has 2 aliphatic rings. The van der Waals surface area contributed by atoms with Crippen LogP contribution >= 0.6 is 0 Å². The number of ketones is 1. The van der Waals surface area contributed by atoms with Gasteiger partial charge in [-0.2, -0.15) is 0 Å². The van der Waals surface area contributed by atoms with Crippen molar-refractivity contribution < 1.29 is 4.79 Å². The van der Waals surface area contributed by atoms with E-state index >= 15 is 0 Å². The number of carbonyl (C=O) groups excluding carboxylic acids is 1. The van der Waals surface area contributed by atoms with Crippen molar-refractivity contribution in [2.45, 2.75) is 0 Å². The molecule has 0 bridgehead atoms. The molecule has 3 aromatic carbocycles. The maximum atomic E-state index is 12.2. The molecule has 1 aliphatic carbocycles. The summed E-state index contributed by atoms with van der Waals surface area (Å²) in [5.41, 5.74) is 8.81. The Balaban J connectivity index is 1.69. The average Bonchev–Trinajstić information content (AvgIpc) is 2.75. The molecule has 1 heterocycles. The number of allylic oxidation sites excluding steroid dienone is 5. The van der Waals surface area contributed by atoms with Gasteiger partial charge in [0.15, 0.2) is 5.78 Å². The van der Waals surface area contributed by atoms with Crippen molar-refractivity contribution in [1.29, 1.82) is 0 Å². The highest BCUT2D eigenvalue weighted by Crippen LogP contribution is 2.44. The normalized spacial score (nSPS) is 15.9. The van der Waals surface area contributed by atoms with Crippen molar-refractivity contribution in [3.63, 3.8) is 0 Å². The van der Waals surface area contributed by atoms with Gasteiger partial charge in [0, 0.05) is 35.1 Å². The predicted octanol–water partition coefficient (Wildman–Crippen LogP) is 6.04.